The molecule has 2 saturated carbocycles. The lowest BCUT2D eigenvalue weighted by atomic mass is 9.77. The molecule has 0 spiro atoms. The monoisotopic (exact) mass is 592 g/mol. The quantitative estimate of drug-likeness (QED) is 0.305. The zero-order chi connectivity index (χ0) is 30.8. The van der Waals surface area contributed by atoms with Gasteiger partial charge in [-0.1, -0.05) is 12.1 Å². The molecule has 1 N–H and O–H groups in total. The van der Waals surface area contributed by atoms with Crippen molar-refractivity contribution >= 4 is 29.6 Å². The number of hydrogen-bond donors (Lipinski definition) is 1. The van der Waals surface area contributed by atoms with Crippen LogP contribution in [0.5, 0.6) is 5.75 Å². The van der Waals surface area contributed by atoms with Crippen molar-refractivity contribution in [1.82, 2.24) is 4.90 Å². The van der Waals surface area contributed by atoms with E-state index in [0.717, 1.165) is 51.4 Å². The molecule has 2 aliphatic rings. The number of nitrogens with zero attached hydrogens (tertiary/aromatic N) is 1. The first-order valence-corrected chi connectivity index (χ1v) is 15.5. The molecule has 9 heteroatoms. The van der Waals surface area contributed by atoms with Gasteiger partial charge in [-0.3, -0.25) is 19.3 Å². The van der Waals surface area contributed by atoms with Gasteiger partial charge in [0.15, 0.2) is 0 Å². The molecule has 0 aliphatic heterocycles. The van der Waals surface area contributed by atoms with Crippen LogP contribution < -0.4 is 10.1 Å². The molecule has 2 aliphatic carbocycles. The fourth-order valence-corrected chi connectivity index (χ4v) is 6.13. The summed E-state index contributed by atoms with van der Waals surface area (Å²) >= 11 is 0. The Morgan fingerprint density at radius 1 is 0.837 bits per heavy atom. The molecule has 0 radical (unpaired) electrons. The van der Waals surface area contributed by atoms with Crippen LogP contribution in [-0.4, -0.2) is 55.1 Å². The highest BCUT2D eigenvalue weighted by Crippen LogP contribution is 2.37. The third-order valence-electron chi connectivity index (χ3n) is 8.67. The molecule has 0 heterocycles. The van der Waals surface area contributed by atoms with Crippen LogP contribution in [0.3, 0.4) is 0 Å². The van der Waals surface area contributed by atoms with E-state index in [-0.39, 0.29) is 36.4 Å². The van der Waals surface area contributed by atoms with E-state index in [0.29, 0.717) is 41.9 Å². The topological polar surface area (TPSA) is 111 Å². The highest BCUT2D eigenvalue weighted by Gasteiger charge is 2.29. The summed E-state index contributed by atoms with van der Waals surface area (Å²) in [4.78, 5) is 51.0. The second kappa shape index (κ2) is 15.5. The molecule has 2 fully saturated rings. The van der Waals surface area contributed by atoms with E-state index >= 15 is 0 Å². The van der Waals surface area contributed by atoms with Gasteiger partial charge in [0.25, 0.3) is 5.91 Å². The molecule has 3 amide bonds. The lowest BCUT2D eigenvalue weighted by Gasteiger charge is -2.28. The lowest BCUT2D eigenvalue weighted by molar-refractivity contribution is -0.149. The second-order valence-corrected chi connectivity index (χ2v) is 11.5. The normalized spacial score (nSPS) is 21.7. The van der Waals surface area contributed by atoms with E-state index in [9.17, 15) is 19.2 Å². The van der Waals surface area contributed by atoms with Crippen LogP contribution >= 0.6 is 0 Å². The Morgan fingerprint density at radius 3 is 2.07 bits per heavy atom. The van der Waals surface area contributed by atoms with Crippen LogP contribution in [0.2, 0.25) is 0 Å². The molecule has 0 unspecified atom stereocenters. The molecule has 0 saturated heterocycles. The van der Waals surface area contributed by atoms with Crippen LogP contribution in [0.25, 0.3) is 0 Å². The maximum absolute atomic E-state index is 13.2. The third kappa shape index (κ3) is 8.81. The van der Waals surface area contributed by atoms with Crippen molar-refractivity contribution in [2.45, 2.75) is 83.7 Å². The summed E-state index contributed by atoms with van der Waals surface area (Å²) in [5.74, 6) is 0.748. The van der Waals surface area contributed by atoms with E-state index < -0.39 is 6.03 Å². The van der Waals surface area contributed by atoms with Gasteiger partial charge in [-0.25, -0.2) is 4.79 Å². The van der Waals surface area contributed by atoms with Crippen molar-refractivity contribution < 1.29 is 33.4 Å². The van der Waals surface area contributed by atoms with Crippen LogP contribution in [-0.2, 0) is 19.1 Å². The predicted octanol–water partition coefficient (Wildman–Crippen LogP) is 6.72. The smallest absolute Gasteiger partial charge is 0.328 e. The van der Waals surface area contributed by atoms with Crippen molar-refractivity contribution in [1.29, 1.82) is 0 Å². The van der Waals surface area contributed by atoms with Crippen LogP contribution in [0.4, 0.5) is 10.5 Å². The van der Waals surface area contributed by atoms with Gasteiger partial charge >= 0.3 is 18.0 Å². The molecular formula is C34H44N2O7. The number of ether oxygens (including phenoxy) is 3. The number of urea groups is 1. The average molecular weight is 593 g/mol. The van der Waals surface area contributed by atoms with E-state index in [1.165, 1.54) is 17.6 Å². The van der Waals surface area contributed by atoms with Gasteiger partial charge in [0.2, 0.25) is 0 Å². The van der Waals surface area contributed by atoms with Gasteiger partial charge < -0.3 is 19.5 Å². The zero-order valence-electron chi connectivity index (χ0n) is 25.5. The van der Waals surface area contributed by atoms with Gasteiger partial charge in [0.1, 0.15) is 5.75 Å². The number of hydrogen-bond acceptors (Lipinski definition) is 7. The SMILES string of the molecule is CCOC(=O)C1CCC(Oc2ccc(C(=O)N(CC)C(=O)Nc3ccc(C4CCC(CC(=O)OC)CC4)cc3)cc2)CC1. The van der Waals surface area contributed by atoms with Gasteiger partial charge in [-0.15, -0.1) is 0 Å². The number of nitrogens with one attached hydrogen (secondary N) is 1. The number of carbonyl (C=O) groups is 4. The van der Waals surface area contributed by atoms with Crippen molar-refractivity contribution in [3.8, 4) is 5.75 Å². The summed E-state index contributed by atoms with van der Waals surface area (Å²) in [5, 5.41) is 2.85. The Bertz CT molecular complexity index is 1230. The fraction of sp³-hybridized carbons (Fsp3) is 0.529. The zero-order valence-corrected chi connectivity index (χ0v) is 25.5. The molecular weight excluding hydrogens is 548 g/mol. The minimum atomic E-state index is -0.484. The standard InChI is InChI=1S/C34H44N2O7/c1-4-36(32(38)26-12-18-29(19-13-26)43-30-20-14-27(15-21-30)33(39)42-5-2)34(40)35-28-16-10-25(11-17-28)24-8-6-23(7-9-24)22-31(37)41-3/h10-13,16-19,23-24,27,30H,4-9,14-15,20-22H2,1-3H3,(H,35,40). The molecule has 0 bridgehead atoms. The molecule has 43 heavy (non-hydrogen) atoms. The average Bonchev–Trinajstić information content (AvgIpc) is 3.03. The van der Waals surface area contributed by atoms with Gasteiger partial charge in [-0.2, -0.15) is 0 Å². The summed E-state index contributed by atoms with van der Waals surface area (Å²) in [6, 6.07) is 14.2. The number of esters is 2. The maximum atomic E-state index is 13.2. The molecule has 0 atom stereocenters. The van der Waals surface area contributed by atoms with Gasteiger partial charge in [-0.05, 0) is 119 Å². The highest BCUT2D eigenvalue weighted by molar-refractivity contribution is 6.08. The number of methoxy groups -OCH3 is 1. The van der Waals surface area contributed by atoms with Crippen LogP contribution in [0.1, 0.15) is 93.5 Å². The van der Waals surface area contributed by atoms with E-state index in [1.54, 1.807) is 31.2 Å². The first-order valence-electron chi connectivity index (χ1n) is 15.5. The molecule has 232 valence electrons. The van der Waals surface area contributed by atoms with Gasteiger partial charge in [0, 0.05) is 24.2 Å². The van der Waals surface area contributed by atoms with Crippen LogP contribution in [0, 0.1) is 11.8 Å². The molecule has 2 aromatic rings. The summed E-state index contributed by atoms with van der Waals surface area (Å²) < 4.78 is 16.0. The number of benzene rings is 2. The molecule has 0 aromatic heterocycles. The van der Waals surface area contributed by atoms with E-state index in [2.05, 4.69) is 5.32 Å². The Balaban J connectivity index is 1.26. The second-order valence-electron chi connectivity index (χ2n) is 11.5. The van der Waals surface area contributed by atoms with Crippen LogP contribution in [0.15, 0.2) is 48.5 Å². The van der Waals surface area contributed by atoms with Crippen molar-refractivity contribution in [2.75, 3.05) is 25.6 Å². The number of imide groups is 1. The largest absolute Gasteiger partial charge is 0.490 e. The molecule has 2 aromatic carbocycles. The Labute approximate surface area is 254 Å². The number of amides is 3. The predicted molar refractivity (Wildman–Crippen MR) is 163 cm³/mol. The Hall–Kier alpha value is -3.88. The summed E-state index contributed by atoms with van der Waals surface area (Å²) in [6.45, 7) is 4.20. The molecule has 9 nitrogen and oxygen atoms in total. The van der Waals surface area contributed by atoms with Crippen molar-refractivity contribution in [3.05, 3.63) is 59.7 Å². The first-order chi connectivity index (χ1) is 20.8. The Kier molecular flexibility index (Phi) is 11.6. The fourth-order valence-electron chi connectivity index (χ4n) is 6.13. The van der Waals surface area contributed by atoms with E-state index in [1.807, 2.05) is 31.2 Å². The third-order valence-corrected chi connectivity index (χ3v) is 8.67. The summed E-state index contributed by atoms with van der Waals surface area (Å²) in [6.07, 6.45) is 7.55. The van der Waals surface area contributed by atoms with E-state index in [4.69, 9.17) is 14.2 Å². The highest BCUT2D eigenvalue weighted by atomic mass is 16.5. The van der Waals surface area contributed by atoms with Gasteiger partial charge in [0.05, 0.1) is 25.7 Å². The van der Waals surface area contributed by atoms with Crippen molar-refractivity contribution in [2.24, 2.45) is 11.8 Å². The minimum absolute atomic E-state index is 0.0122. The maximum Gasteiger partial charge on any atom is 0.328 e. The first kappa shape index (κ1) is 32.0. The summed E-state index contributed by atoms with van der Waals surface area (Å²) in [5.41, 5.74) is 2.24. The molecule has 4 rings (SSSR count). The minimum Gasteiger partial charge on any atom is -0.490 e. The Morgan fingerprint density at radius 2 is 1.49 bits per heavy atom. The number of anilines is 1. The number of rotatable bonds is 10. The number of carbonyl (C=O) groups excluding carboxylic acids is 4. The summed E-state index contributed by atoms with van der Waals surface area (Å²) in [7, 11) is 1.43. The lowest BCUT2D eigenvalue weighted by Crippen LogP contribution is -2.39. The van der Waals surface area contributed by atoms with Crippen molar-refractivity contribution in [3.63, 3.8) is 0 Å².